The summed E-state index contributed by atoms with van der Waals surface area (Å²) in [6, 6.07) is 0. The monoisotopic (exact) mass is 315 g/mol. The van der Waals surface area contributed by atoms with Crippen molar-refractivity contribution in [2.75, 3.05) is 13.2 Å². The van der Waals surface area contributed by atoms with E-state index in [0.717, 1.165) is 6.42 Å². The van der Waals surface area contributed by atoms with Gasteiger partial charge < -0.3 is 10.1 Å². The van der Waals surface area contributed by atoms with Gasteiger partial charge in [-0.3, -0.25) is 8.98 Å². The Morgan fingerprint density at radius 1 is 1.43 bits per heavy atom. The molecule has 1 amide bonds. The van der Waals surface area contributed by atoms with Crippen LogP contribution in [0.15, 0.2) is 12.2 Å². The number of fused-ring (bicyclic) bond motifs is 1. The molecule has 118 valence electrons. The third kappa shape index (κ3) is 2.62. The summed E-state index contributed by atoms with van der Waals surface area (Å²) in [5.74, 6) is 0.267. The van der Waals surface area contributed by atoms with E-state index in [4.69, 9.17) is 8.92 Å². The molecule has 2 saturated carbocycles. The average Bonchev–Trinajstić information content (AvgIpc) is 3.01. The molecule has 7 heteroatoms. The van der Waals surface area contributed by atoms with Crippen molar-refractivity contribution < 1.29 is 22.1 Å². The highest BCUT2D eigenvalue weighted by Crippen LogP contribution is 2.55. The van der Waals surface area contributed by atoms with Gasteiger partial charge in [0.2, 0.25) is 5.91 Å². The summed E-state index contributed by atoms with van der Waals surface area (Å²) >= 11 is 0. The number of hydrogen-bond donors (Lipinski definition) is 1. The van der Waals surface area contributed by atoms with E-state index in [9.17, 15) is 13.2 Å². The van der Waals surface area contributed by atoms with E-state index >= 15 is 0 Å². The Morgan fingerprint density at radius 2 is 2.19 bits per heavy atom. The summed E-state index contributed by atoms with van der Waals surface area (Å²) in [7, 11) is -3.37. The van der Waals surface area contributed by atoms with Crippen LogP contribution in [0, 0.1) is 11.8 Å². The molecule has 3 aliphatic rings. The minimum atomic E-state index is -3.37. The maximum Gasteiger partial charge on any atom is 0.270 e. The van der Waals surface area contributed by atoms with Crippen molar-refractivity contribution in [3.8, 4) is 0 Å². The second kappa shape index (κ2) is 5.37. The number of nitrogens with one attached hydrogen (secondary N) is 1. The van der Waals surface area contributed by atoms with E-state index in [1.807, 2.05) is 0 Å². The molecule has 6 nitrogen and oxygen atoms in total. The zero-order valence-corrected chi connectivity index (χ0v) is 12.9. The molecule has 21 heavy (non-hydrogen) atoms. The van der Waals surface area contributed by atoms with Crippen LogP contribution in [-0.2, 0) is 23.8 Å². The van der Waals surface area contributed by atoms with Crippen LogP contribution in [0.5, 0.6) is 0 Å². The topological polar surface area (TPSA) is 81.7 Å². The molecule has 5 unspecified atom stereocenters. The summed E-state index contributed by atoms with van der Waals surface area (Å²) in [4.78, 5) is 11.3. The number of rotatable bonds is 6. The zero-order chi connectivity index (χ0) is 15.2. The molecule has 0 spiro atoms. The first kappa shape index (κ1) is 15.0. The van der Waals surface area contributed by atoms with E-state index < -0.39 is 10.1 Å². The van der Waals surface area contributed by atoms with Crippen LogP contribution in [-0.4, -0.2) is 44.9 Å². The molecule has 0 aromatic carbocycles. The first-order valence-electron chi connectivity index (χ1n) is 7.37. The lowest BCUT2D eigenvalue weighted by molar-refractivity contribution is -0.117. The predicted molar refractivity (Wildman–Crippen MR) is 76.0 cm³/mol. The van der Waals surface area contributed by atoms with E-state index in [0.29, 0.717) is 37.5 Å². The van der Waals surface area contributed by atoms with Gasteiger partial charge in [0, 0.05) is 24.6 Å². The van der Waals surface area contributed by atoms with Gasteiger partial charge >= 0.3 is 0 Å². The standard InChI is InChI=1S/C14H21NO5S/c1-8(2)14(16)15-4-3-5-19-12-9-6-10-11(7-9)21(17,18)20-13(10)12/h9-13H,1,3-7H2,2H3,(H,15,16). The van der Waals surface area contributed by atoms with Gasteiger partial charge in [0.15, 0.2) is 0 Å². The van der Waals surface area contributed by atoms with Crippen molar-refractivity contribution in [1.29, 1.82) is 0 Å². The number of amides is 1. The van der Waals surface area contributed by atoms with Gasteiger partial charge in [-0.05, 0) is 32.1 Å². The van der Waals surface area contributed by atoms with Crippen LogP contribution in [0.25, 0.3) is 0 Å². The molecule has 2 bridgehead atoms. The molecule has 3 rings (SSSR count). The van der Waals surface area contributed by atoms with Crippen LogP contribution in [0.1, 0.15) is 26.2 Å². The van der Waals surface area contributed by atoms with Gasteiger partial charge in [-0.2, -0.15) is 8.42 Å². The fourth-order valence-electron chi connectivity index (χ4n) is 3.76. The normalized spacial score (nSPS) is 38.6. The fourth-order valence-corrected chi connectivity index (χ4v) is 5.64. The Balaban J connectivity index is 1.44. The third-order valence-electron chi connectivity index (χ3n) is 4.72. The van der Waals surface area contributed by atoms with Crippen molar-refractivity contribution >= 4 is 16.0 Å². The average molecular weight is 315 g/mol. The third-order valence-corrected chi connectivity index (χ3v) is 6.49. The zero-order valence-electron chi connectivity index (χ0n) is 12.1. The quantitative estimate of drug-likeness (QED) is 0.441. The van der Waals surface area contributed by atoms with Crippen molar-refractivity contribution in [3.05, 3.63) is 12.2 Å². The van der Waals surface area contributed by atoms with Gasteiger partial charge in [-0.15, -0.1) is 0 Å². The summed E-state index contributed by atoms with van der Waals surface area (Å²) in [5, 5.41) is 2.44. The summed E-state index contributed by atoms with van der Waals surface area (Å²) in [6.45, 7) is 6.25. The molecule has 1 saturated heterocycles. The molecule has 1 heterocycles. The minimum absolute atomic E-state index is 0.111. The largest absolute Gasteiger partial charge is 0.375 e. The highest BCUT2D eigenvalue weighted by molar-refractivity contribution is 7.87. The Hall–Kier alpha value is -0.920. The van der Waals surface area contributed by atoms with E-state index in [2.05, 4.69) is 11.9 Å². The Labute approximate surface area is 125 Å². The Bertz CT molecular complexity index is 558. The smallest absolute Gasteiger partial charge is 0.270 e. The molecule has 0 radical (unpaired) electrons. The van der Waals surface area contributed by atoms with Gasteiger partial charge in [-0.1, -0.05) is 6.58 Å². The number of carbonyl (C=O) groups is 1. The summed E-state index contributed by atoms with van der Waals surface area (Å²) < 4.78 is 34.7. The molecular formula is C14H21NO5S. The lowest BCUT2D eigenvalue weighted by Crippen LogP contribution is -2.36. The molecule has 0 aromatic rings. The van der Waals surface area contributed by atoms with Gasteiger partial charge in [0.25, 0.3) is 10.1 Å². The predicted octanol–water partition coefficient (Wildman–Crippen LogP) is 0.591. The fraction of sp³-hybridized carbons (Fsp3) is 0.786. The highest BCUT2D eigenvalue weighted by atomic mass is 32.2. The molecule has 1 N–H and O–H groups in total. The van der Waals surface area contributed by atoms with E-state index in [1.54, 1.807) is 6.92 Å². The van der Waals surface area contributed by atoms with Crippen molar-refractivity contribution in [2.24, 2.45) is 11.8 Å². The molecular weight excluding hydrogens is 294 g/mol. The second-order valence-corrected chi connectivity index (χ2v) is 8.00. The first-order valence-corrected chi connectivity index (χ1v) is 8.84. The summed E-state index contributed by atoms with van der Waals surface area (Å²) in [6.07, 6.45) is 1.85. The lowest BCUT2D eigenvalue weighted by atomic mass is 9.94. The van der Waals surface area contributed by atoms with Gasteiger partial charge in [-0.25, -0.2) is 0 Å². The van der Waals surface area contributed by atoms with Crippen LogP contribution in [0.2, 0.25) is 0 Å². The van der Waals surface area contributed by atoms with Crippen LogP contribution in [0.3, 0.4) is 0 Å². The van der Waals surface area contributed by atoms with Crippen LogP contribution < -0.4 is 5.32 Å². The lowest BCUT2D eigenvalue weighted by Gasteiger charge is -2.25. The van der Waals surface area contributed by atoms with Crippen molar-refractivity contribution in [3.63, 3.8) is 0 Å². The maximum atomic E-state index is 11.8. The van der Waals surface area contributed by atoms with Crippen molar-refractivity contribution in [2.45, 2.75) is 43.6 Å². The van der Waals surface area contributed by atoms with Gasteiger partial charge in [0.05, 0.1) is 11.4 Å². The molecule has 0 aromatic heterocycles. The number of carbonyl (C=O) groups excluding carboxylic acids is 1. The maximum absolute atomic E-state index is 11.8. The molecule has 1 aliphatic heterocycles. The van der Waals surface area contributed by atoms with E-state index in [-0.39, 0.29) is 29.3 Å². The summed E-state index contributed by atoms with van der Waals surface area (Å²) in [5.41, 5.74) is 0.486. The van der Waals surface area contributed by atoms with Crippen molar-refractivity contribution in [1.82, 2.24) is 5.32 Å². The SMILES string of the molecule is C=C(C)C(=O)NCCCOC1C2CC3C1OS(=O)(=O)C3C2. The van der Waals surface area contributed by atoms with Crippen LogP contribution >= 0.6 is 0 Å². The highest BCUT2D eigenvalue weighted by Gasteiger charge is 2.64. The van der Waals surface area contributed by atoms with Gasteiger partial charge in [0.1, 0.15) is 6.10 Å². The minimum Gasteiger partial charge on any atom is -0.375 e. The number of ether oxygens (including phenoxy) is 1. The molecule has 3 fully saturated rings. The van der Waals surface area contributed by atoms with E-state index in [1.165, 1.54) is 0 Å². The Morgan fingerprint density at radius 3 is 2.90 bits per heavy atom. The first-order chi connectivity index (χ1) is 9.90. The second-order valence-electron chi connectivity index (χ2n) is 6.21. The van der Waals surface area contributed by atoms with Crippen LogP contribution in [0.4, 0.5) is 0 Å². The number of hydrogen-bond acceptors (Lipinski definition) is 5. The molecule has 5 atom stereocenters. The Kier molecular flexibility index (Phi) is 3.83. The molecule has 2 aliphatic carbocycles.